The van der Waals surface area contributed by atoms with Gasteiger partial charge in [-0.3, -0.25) is 10.1 Å². The third-order valence-corrected chi connectivity index (χ3v) is 18.3. The number of nitrogen functional groups attached to an aromatic ring is 1. The molecule has 0 aliphatic heterocycles. The molecule has 436 valence electrons. The molecule has 4 heterocycles. The topological polar surface area (TPSA) is 241 Å². The number of aromatic nitrogens is 6. The van der Waals surface area contributed by atoms with Crippen LogP contribution in [0.1, 0.15) is 51.4 Å². The van der Waals surface area contributed by atoms with Gasteiger partial charge in [-0.05, 0) is 111 Å². The molecule has 0 saturated heterocycles. The standard InChI is InChI=1S/C30H26ClN5O5S.C30H28ClN5O3S.2ClH.Sn/c31-27-18-32-30(33-20-7-6-8-23(17-20)41-22-15-13-21(14-16-22)36(37)38)34-29(27)26-19-35(28-12-5-4-11-25(26)28)42(39,40)24-9-2-1-3-10-24;31-27-18-33-30(34-21-7-6-8-23(17-21)39-22-15-13-20(32)14-16-22)35-29(27)26-19-36(28-12-5-4-11-25(26)28)40(37,38)24-9-2-1-3-10-24;;;/h1-5,9-16,18-20,23H,6-8,17H2,(H,32,33,34);1-5,9-16,18-19,21,23H,6-8,17,32H2,(H,33,34,35);2*1H;/q;;;;+2/p-2. The molecule has 6 aromatic carbocycles. The van der Waals surface area contributed by atoms with Crippen LogP contribution in [0, 0.1) is 10.1 Å². The third kappa shape index (κ3) is 14.4. The van der Waals surface area contributed by atoms with Crippen LogP contribution in [0.5, 0.6) is 11.5 Å². The molecule has 25 heteroatoms. The van der Waals surface area contributed by atoms with Crippen LogP contribution in [0.15, 0.2) is 192 Å². The number of rotatable bonds is 15. The van der Waals surface area contributed by atoms with E-state index >= 15 is 0 Å². The van der Waals surface area contributed by atoms with Gasteiger partial charge < -0.3 is 25.8 Å². The van der Waals surface area contributed by atoms with Crippen LogP contribution in [0.4, 0.5) is 23.3 Å². The van der Waals surface area contributed by atoms with Crippen molar-refractivity contribution in [2.75, 3.05) is 16.4 Å². The number of hydrogen-bond donors (Lipinski definition) is 3. The zero-order valence-electron chi connectivity index (χ0n) is 45.1. The van der Waals surface area contributed by atoms with Crippen molar-refractivity contribution in [1.29, 1.82) is 0 Å². The average molecular weight is 1370 g/mol. The molecule has 4 N–H and O–H groups in total. The van der Waals surface area contributed by atoms with E-state index in [1.807, 2.05) is 54.6 Å². The fourth-order valence-electron chi connectivity index (χ4n) is 10.4. The number of nitro groups is 1. The van der Waals surface area contributed by atoms with Crippen molar-refractivity contribution in [3.8, 4) is 34.0 Å². The summed E-state index contributed by atoms with van der Waals surface area (Å²) in [6, 6.07) is 44.8. The molecule has 2 aliphatic carbocycles. The first-order chi connectivity index (χ1) is 41.1. The van der Waals surface area contributed by atoms with Crippen molar-refractivity contribution in [2.24, 2.45) is 0 Å². The Kier molecular flexibility index (Phi) is 19.7. The summed E-state index contributed by atoms with van der Waals surface area (Å²) in [7, 11) is 2.16. The zero-order valence-corrected chi connectivity index (χ0v) is 52.6. The van der Waals surface area contributed by atoms with E-state index < -0.39 is 43.9 Å². The SMILES string of the molecule is Nc1ccc(OC2CCCC(Nc3ncc(Cl)c(-c4cn(S(=O)(=O)c5ccccc5)c5ccccc45)n3)C2)cc1.O=[N+]([O-])c1ccc(OC2CCCC(Nc3ncc(Cl)c(-c4cn(S(=O)(=O)c5ccccc5)c5ccccc45)n3)C2)cc1.[Cl][Sn][Cl]. The van der Waals surface area contributed by atoms with Crippen LogP contribution in [-0.2, 0) is 20.0 Å². The van der Waals surface area contributed by atoms with Gasteiger partial charge in [-0.25, -0.2) is 44.7 Å². The molecule has 4 unspecified atom stereocenters. The van der Waals surface area contributed by atoms with E-state index in [0.717, 1.165) is 56.1 Å². The Morgan fingerprint density at radius 2 is 0.953 bits per heavy atom. The summed E-state index contributed by atoms with van der Waals surface area (Å²) >= 11 is 12.4. The second-order valence-electron chi connectivity index (χ2n) is 20.0. The molecule has 2 saturated carbocycles. The van der Waals surface area contributed by atoms with Crippen LogP contribution >= 0.6 is 41.0 Å². The van der Waals surface area contributed by atoms with E-state index in [9.17, 15) is 26.9 Å². The van der Waals surface area contributed by atoms with Crippen molar-refractivity contribution in [1.82, 2.24) is 27.9 Å². The summed E-state index contributed by atoms with van der Waals surface area (Å²) < 4.78 is 69.1. The summed E-state index contributed by atoms with van der Waals surface area (Å²) in [5.74, 6) is 2.18. The van der Waals surface area contributed by atoms with E-state index in [1.165, 1.54) is 26.3 Å². The number of fused-ring (bicyclic) bond motifs is 2. The molecule has 4 aromatic heterocycles. The van der Waals surface area contributed by atoms with Crippen molar-refractivity contribution in [2.45, 2.75) is 85.4 Å². The van der Waals surface area contributed by atoms with Gasteiger partial charge in [0.25, 0.3) is 25.7 Å². The predicted octanol–water partition coefficient (Wildman–Crippen LogP) is 14.1. The van der Waals surface area contributed by atoms with Gasteiger partial charge in [0, 0.05) is 77.0 Å². The van der Waals surface area contributed by atoms with Crippen LogP contribution in [0.3, 0.4) is 0 Å². The van der Waals surface area contributed by atoms with E-state index in [1.54, 1.807) is 110 Å². The Morgan fingerprint density at radius 1 is 0.565 bits per heavy atom. The molecule has 4 atom stereocenters. The first kappa shape index (κ1) is 60.9. The number of para-hydroxylation sites is 2. The molecule has 2 radical (unpaired) electrons. The Labute approximate surface area is 518 Å². The minimum absolute atomic E-state index is 0.0158. The normalized spacial score (nSPS) is 16.9. The van der Waals surface area contributed by atoms with Crippen LogP contribution in [-0.4, -0.2) is 92.8 Å². The maximum atomic E-state index is 13.6. The summed E-state index contributed by atoms with van der Waals surface area (Å²) in [4.78, 5) is 29.2. The number of nitro benzene ring substituents is 1. The number of ether oxygens (including phenoxy) is 2. The zero-order chi connectivity index (χ0) is 59.7. The van der Waals surface area contributed by atoms with Gasteiger partial charge in [0.15, 0.2) is 0 Å². The number of benzene rings is 6. The maximum absolute atomic E-state index is 13.6. The Bertz CT molecular complexity index is 4190. The first-order valence-electron chi connectivity index (χ1n) is 26.9. The second kappa shape index (κ2) is 27.5. The van der Waals surface area contributed by atoms with Gasteiger partial charge in [-0.15, -0.1) is 0 Å². The number of nitrogens with zero attached hydrogens (tertiary/aromatic N) is 7. The van der Waals surface area contributed by atoms with Gasteiger partial charge in [-0.1, -0.05) is 96.0 Å². The van der Waals surface area contributed by atoms with E-state index in [4.69, 9.17) is 66.2 Å². The molecule has 0 amide bonds. The van der Waals surface area contributed by atoms with Gasteiger partial charge in [0.1, 0.15) is 23.7 Å². The molecule has 2 fully saturated rings. The van der Waals surface area contributed by atoms with Crippen molar-refractivity contribution in [3.63, 3.8) is 0 Å². The fraction of sp³-hybridized carbons (Fsp3) is 0.200. The van der Waals surface area contributed by atoms with Gasteiger partial charge in [0.05, 0.1) is 59.6 Å². The molecule has 12 rings (SSSR count). The first-order valence-corrected chi connectivity index (χ1v) is 37.8. The number of hydrogen-bond acceptors (Lipinski definition) is 15. The van der Waals surface area contributed by atoms with E-state index in [2.05, 4.69) is 20.6 Å². The monoisotopic (exact) mass is 1370 g/mol. The number of nitrogens with two attached hydrogens (primary N) is 1. The summed E-state index contributed by atoms with van der Waals surface area (Å²) in [6.45, 7) is 0. The van der Waals surface area contributed by atoms with Crippen LogP contribution in [0.25, 0.3) is 44.3 Å². The van der Waals surface area contributed by atoms with Crippen LogP contribution in [0.2, 0.25) is 10.0 Å². The van der Waals surface area contributed by atoms with E-state index in [-0.39, 0.29) is 39.8 Å². The molecule has 10 aromatic rings. The molecule has 2 aliphatic rings. The van der Waals surface area contributed by atoms with E-state index in [0.29, 0.717) is 78.7 Å². The molecular formula is C60H54Cl4N10O8S2Sn. The van der Waals surface area contributed by atoms with Gasteiger partial charge in [0.2, 0.25) is 11.9 Å². The minimum atomic E-state index is -3.87. The van der Waals surface area contributed by atoms with Gasteiger partial charge in [-0.2, -0.15) is 0 Å². The Morgan fingerprint density at radius 3 is 1.36 bits per heavy atom. The fourth-order valence-corrected chi connectivity index (χ4v) is 13.6. The summed E-state index contributed by atoms with van der Waals surface area (Å²) in [5, 5.41) is 19.8. The summed E-state index contributed by atoms with van der Waals surface area (Å²) in [5.41, 5.74) is 9.63. The number of anilines is 3. The van der Waals surface area contributed by atoms with Crippen molar-refractivity contribution < 1.29 is 31.2 Å². The Balaban J connectivity index is 0.000000181. The molecule has 85 heavy (non-hydrogen) atoms. The second-order valence-corrected chi connectivity index (χ2v) is 28.7. The van der Waals surface area contributed by atoms with Crippen LogP contribution < -0.4 is 25.8 Å². The number of halogens is 4. The molecule has 18 nitrogen and oxygen atoms in total. The Hall–Kier alpha value is -7.18. The van der Waals surface area contributed by atoms with Crippen molar-refractivity contribution >= 4 is 125 Å². The quantitative estimate of drug-likeness (QED) is 0.0374. The molecule has 0 spiro atoms. The van der Waals surface area contributed by atoms with Crippen molar-refractivity contribution in [3.05, 3.63) is 203 Å². The number of nitrogens with one attached hydrogen (secondary N) is 2. The number of non-ortho nitro benzene ring substituents is 1. The molecule has 0 bridgehead atoms. The summed E-state index contributed by atoms with van der Waals surface area (Å²) in [6.07, 6.45) is 13.2. The average Bonchev–Trinajstić information content (AvgIpc) is 1.83. The van der Waals surface area contributed by atoms with Gasteiger partial charge >= 0.3 is 36.7 Å². The third-order valence-electron chi connectivity index (χ3n) is 14.4. The predicted molar refractivity (Wildman–Crippen MR) is 336 cm³/mol. The molecular weight excluding hydrogens is 1310 g/mol.